The van der Waals surface area contributed by atoms with Crippen LogP contribution in [0.3, 0.4) is 0 Å². The molecule has 1 aliphatic carbocycles. The van der Waals surface area contributed by atoms with Crippen LogP contribution in [0.25, 0.3) is 0 Å². The third-order valence-electron chi connectivity index (χ3n) is 2.88. The Kier molecular flexibility index (Phi) is 6.09. The van der Waals surface area contributed by atoms with E-state index in [1.807, 2.05) is 0 Å². The second-order valence-electron chi connectivity index (χ2n) is 4.54. The van der Waals surface area contributed by atoms with E-state index >= 15 is 0 Å². The second-order valence-corrected chi connectivity index (χ2v) is 4.54. The summed E-state index contributed by atoms with van der Waals surface area (Å²) in [7, 11) is 1.67. The zero-order valence-electron chi connectivity index (χ0n) is 11.0. The van der Waals surface area contributed by atoms with Crippen molar-refractivity contribution in [3.05, 3.63) is 35.4 Å². The maximum atomic E-state index is 12.4. The van der Waals surface area contributed by atoms with E-state index < -0.39 is 11.7 Å². The normalized spacial score (nSPS) is 15.5. The zero-order chi connectivity index (χ0) is 13.9. The van der Waals surface area contributed by atoms with Crippen LogP contribution in [0.15, 0.2) is 29.3 Å². The fraction of sp³-hybridized carbons (Fsp3) is 0.462. The molecule has 3 nitrogen and oxygen atoms in total. The number of aliphatic imine (C=N–C) groups is 1. The van der Waals surface area contributed by atoms with Crippen molar-refractivity contribution < 1.29 is 13.2 Å². The highest BCUT2D eigenvalue weighted by atomic mass is 127. The van der Waals surface area contributed by atoms with Gasteiger partial charge in [0, 0.05) is 19.6 Å². The molecule has 0 spiro atoms. The molecule has 112 valence electrons. The molecule has 1 saturated carbocycles. The van der Waals surface area contributed by atoms with Crippen LogP contribution in [0.4, 0.5) is 13.2 Å². The van der Waals surface area contributed by atoms with E-state index in [4.69, 9.17) is 0 Å². The summed E-state index contributed by atoms with van der Waals surface area (Å²) in [6.45, 7) is 0.449. The summed E-state index contributed by atoms with van der Waals surface area (Å²) in [6.07, 6.45) is -2.00. The lowest BCUT2D eigenvalue weighted by Crippen LogP contribution is -2.38. The molecule has 0 amide bonds. The van der Waals surface area contributed by atoms with Gasteiger partial charge in [-0.2, -0.15) is 13.2 Å². The van der Waals surface area contributed by atoms with Crippen LogP contribution >= 0.6 is 24.0 Å². The SMILES string of the molecule is CN=C(NCc1ccc(C(F)(F)F)cc1)NC1CC1.I. The molecule has 20 heavy (non-hydrogen) atoms. The van der Waals surface area contributed by atoms with Gasteiger partial charge in [-0.25, -0.2) is 0 Å². The molecule has 0 aromatic heterocycles. The molecule has 0 atom stereocenters. The van der Waals surface area contributed by atoms with Crippen LogP contribution in [0.1, 0.15) is 24.0 Å². The van der Waals surface area contributed by atoms with E-state index in [1.54, 1.807) is 7.05 Å². The van der Waals surface area contributed by atoms with Crippen molar-refractivity contribution in [3.63, 3.8) is 0 Å². The summed E-state index contributed by atoms with van der Waals surface area (Å²) in [6, 6.07) is 5.61. The van der Waals surface area contributed by atoms with Gasteiger partial charge in [0.15, 0.2) is 5.96 Å². The first kappa shape index (κ1) is 17.1. The van der Waals surface area contributed by atoms with Gasteiger partial charge in [0.25, 0.3) is 0 Å². The van der Waals surface area contributed by atoms with E-state index in [9.17, 15) is 13.2 Å². The fourth-order valence-corrected chi connectivity index (χ4v) is 1.61. The molecular formula is C13H17F3IN3. The van der Waals surface area contributed by atoms with Gasteiger partial charge in [-0.3, -0.25) is 4.99 Å². The summed E-state index contributed by atoms with van der Waals surface area (Å²) in [5.41, 5.74) is 0.156. The minimum atomic E-state index is -4.28. The molecule has 1 aromatic carbocycles. The Labute approximate surface area is 133 Å². The summed E-state index contributed by atoms with van der Waals surface area (Å²) in [4.78, 5) is 4.05. The number of nitrogens with one attached hydrogen (secondary N) is 2. The van der Waals surface area contributed by atoms with Crippen molar-refractivity contribution in [2.75, 3.05) is 7.05 Å². The number of guanidine groups is 1. The highest BCUT2D eigenvalue weighted by molar-refractivity contribution is 14.0. The molecule has 1 fully saturated rings. The van der Waals surface area contributed by atoms with Crippen LogP contribution in [-0.4, -0.2) is 19.0 Å². The van der Waals surface area contributed by atoms with Crippen molar-refractivity contribution in [2.45, 2.75) is 31.6 Å². The lowest BCUT2D eigenvalue weighted by molar-refractivity contribution is -0.137. The lowest BCUT2D eigenvalue weighted by atomic mass is 10.1. The molecule has 2 rings (SSSR count). The third kappa shape index (κ3) is 5.18. The molecule has 0 bridgehead atoms. The van der Waals surface area contributed by atoms with E-state index in [1.165, 1.54) is 12.1 Å². The number of benzene rings is 1. The number of rotatable bonds is 3. The maximum Gasteiger partial charge on any atom is 0.416 e. The van der Waals surface area contributed by atoms with Crippen LogP contribution in [0.5, 0.6) is 0 Å². The van der Waals surface area contributed by atoms with Gasteiger partial charge in [-0.1, -0.05) is 12.1 Å². The standard InChI is InChI=1S/C13H16F3N3.HI/c1-17-12(19-11-6-7-11)18-8-9-2-4-10(5-3-9)13(14,15)16;/h2-5,11H,6-8H2,1H3,(H2,17,18,19);1H. The summed E-state index contributed by atoms with van der Waals surface area (Å²) in [5, 5.41) is 6.28. The number of hydrogen-bond acceptors (Lipinski definition) is 1. The molecule has 0 heterocycles. The topological polar surface area (TPSA) is 36.4 Å². The van der Waals surface area contributed by atoms with Gasteiger partial charge in [-0.15, -0.1) is 24.0 Å². The predicted molar refractivity (Wildman–Crippen MR) is 83.2 cm³/mol. The Morgan fingerprint density at radius 2 is 1.85 bits per heavy atom. The monoisotopic (exact) mass is 399 g/mol. The van der Waals surface area contributed by atoms with Gasteiger partial charge >= 0.3 is 6.18 Å². The highest BCUT2D eigenvalue weighted by Crippen LogP contribution is 2.29. The molecule has 2 N–H and O–H groups in total. The van der Waals surface area contributed by atoms with Crippen molar-refractivity contribution in [3.8, 4) is 0 Å². The Morgan fingerprint density at radius 1 is 1.25 bits per heavy atom. The number of alkyl halides is 3. The third-order valence-corrected chi connectivity index (χ3v) is 2.88. The number of nitrogens with zero attached hydrogens (tertiary/aromatic N) is 1. The largest absolute Gasteiger partial charge is 0.416 e. The van der Waals surface area contributed by atoms with Crippen molar-refractivity contribution >= 4 is 29.9 Å². The molecule has 0 unspecified atom stereocenters. The fourth-order valence-electron chi connectivity index (χ4n) is 1.61. The van der Waals surface area contributed by atoms with Crippen molar-refractivity contribution in [1.29, 1.82) is 0 Å². The van der Waals surface area contributed by atoms with Crippen LogP contribution in [-0.2, 0) is 12.7 Å². The first-order chi connectivity index (χ1) is 8.99. The summed E-state index contributed by atoms with van der Waals surface area (Å²) in [5.74, 6) is 0.683. The maximum absolute atomic E-state index is 12.4. The Morgan fingerprint density at radius 3 is 2.30 bits per heavy atom. The van der Waals surface area contributed by atoms with Crippen molar-refractivity contribution in [1.82, 2.24) is 10.6 Å². The zero-order valence-corrected chi connectivity index (χ0v) is 13.3. The predicted octanol–water partition coefficient (Wildman–Crippen LogP) is 3.15. The van der Waals surface area contributed by atoms with Gasteiger partial charge in [0.05, 0.1) is 5.56 Å². The van der Waals surface area contributed by atoms with Gasteiger partial charge in [0.2, 0.25) is 0 Å². The first-order valence-electron chi connectivity index (χ1n) is 6.12. The number of hydrogen-bond donors (Lipinski definition) is 2. The molecule has 0 aliphatic heterocycles. The molecule has 7 heteroatoms. The van der Waals surface area contributed by atoms with Gasteiger partial charge < -0.3 is 10.6 Å². The van der Waals surface area contributed by atoms with E-state index in [0.29, 0.717) is 18.5 Å². The molecular weight excluding hydrogens is 382 g/mol. The summed E-state index contributed by atoms with van der Waals surface area (Å²) < 4.78 is 37.2. The molecule has 0 radical (unpaired) electrons. The van der Waals surface area contributed by atoms with Crippen LogP contribution in [0, 0.1) is 0 Å². The van der Waals surface area contributed by atoms with E-state index in [2.05, 4.69) is 15.6 Å². The Bertz CT molecular complexity index is 453. The first-order valence-corrected chi connectivity index (χ1v) is 6.12. The van der Waals surface area contributed by atoms with Crippen LogP contribution < -0.4 is 10.6 Å². The van der Waals surface area contributed by atoms with Crippen LogP contribution in [0.2, 0.25) is 0 Å². The summed E-state index contributed by atoms with van der Waals surface area (Å²) >= 11 is 0. The molecule has 1 aliphatic rings. The Hall–Kier alpha value is -0.990. The molecule has 0 saturated heterocycles. The lowest BCUT2D eigenvalue weighted by Gasteiger charge is -2.12. The average molecular weight is 399 g/mol. The highest BCUT2D eigenvalue weighted by Gasteiger charge is 2.29. The van der Waals surface area contributed by atoms with Crippen molar-refractivity contribution in [2.24, 2.45) is 4.99 Å². The number of halogens is 4. The quantitative estimate of drug-likeness (QED) is 0.466. The second kappa shape index (κ2) is 7.14. The average Bonchev–Trinajstić information content (AvgIpc) is 3.18. The Balaban J connectivity index is 0.00000200. The molecule has 1 aromatic rings. The van der Waals surface area contributed by atoms with E-state index in [-0.39, 0.29) is 24.0 Å². The smallest absolute Gasteiger partial charge is 0.354 e. The van der Waals surface area contributed by atoms with Gasteiger partial charge in [-0.05, 0) is 30.5 Å². The minimum absolute atomic E-state index is 0. The minimum Gasteiger partial charge on any atom is -0.354 e. The van der Waals surface area contributed by atoms with E-state index in [0.717, 1.165) is 30.5 Å². The van der Waals surface area contributed by atoms with Gasteiger partial charge in [0.1, 0.15) is 0 Å².